The molecular formula is C17H37NO. The van der Waals surface area contributed by atoms with Crippen LogP contribution in [0.4, 0.5) is 0 Å². The first-order valence-electron chi connectivity index (χ1n) is 8.35. The molecular weight excluding hydrogens is 234 g/mol. The molecule has 2 N–H and O–H groups in total. The minimum Gasteiger partial charge on any atom is -0.377 e. The van der Waals surface area contributed by atoms with Gasteiger partial charge in [0.2, 0.25) is 0 Å². The molecule has 0 aromatic heterocycles. The van der Waals surface area contributed by atoms with Crippen molar-refractivity contribution in [1.29, 1.82) is 0 Å². The Labute approximate surface area is 121 Å². The summed E-state index contributed by atoms with van der Waals surface area (Å²) in [5.74, 6) is 0. The average molecular weight is 271 g/mol. The summed E-state index contributed by atoms with van der Waals surface area (Å²) >= 11 is 0. The van der Waals surface area contributed by atoms with Crippen LogP contribution in [0.5, 0.6) is 0 Å². The predicted octanol–water partition coefficient (Wildman–Crippen LogP) is 5.05. The van der Waals surface area contributed by atoms with Crippen molar-refractivity contribution in [3.63, 3.8) is 0 Å². The lowest BCUT2D eigenvalue weighted by Crippen LogP contribution is -2.44. The van der Waals surface area contributed by atoms with E-state index in [1.165, 1.54) is 64.2 Å². The van der Waals surface area contributed by atoms with E-state index in [0.29, 0.717) is 0 Å². The summed E-state index contributed by atoms with van der Waals surface area (Å²) in [4.78, 5) is 0. The fourth-order valence-electron chi connectivity index (χ4n) is 2.35. The summed E-state index contributed by atoms with van der Waals surface area (Å²) in [6, 6.07) is 0.159. The van der Waals surface area contributed by atoms with Crippen LogP contribution in [0.2, 0.25) is 0 Å². The number of hydrogen-bond donors (Lipinski definition) is 1. The van der Waals surface area contributed by atoms with Crippen molar-refractivity contribution in [2.75, 3.05) is 7.11 Å². The first kappa shape index (κ1) is 18.9. The van der Waals surface area contributed by atoms with Crippen LogP contribution in [-0.2, 0) is 4.74 Å². The molecule has 0 saturated heterocycles. The maximum atomic E-state index is 6.15. The van der Waals surface area contributed by atoms with E-state index in [2.05, 4.69) is 20.8 Å². The van der Waals surface area contributed by atoms with E-state index >= 15 is 0 Å². The predicted molar refractivity (Wildman–Crippen MR) is 85.5 cm³/mol. The first-order chi connectivity index (χ1) is 9.04. The van der Waals surface area contributed by atoms with Crippen molar-refractivity contribution >= 4 is 0 Å². The van der Waals surface area contributed by atoms with Gasteiger partial charge in [0.25, 0.3) is 0 Å². The monoisotopic (exact) mass is 271 g/mol. The van der Waals surface area contributed by atoms with E-state index < -0.39 is 0 Å². The van der Waals surface area contributed by atoms with Crippen LogP contribution < -0.4 is 5.73 Å². The molecule has 0 bridgehead atoms. The molecule has 0 aliphatic heterocycles. The molecule has 0 fully saturated rings. The fraction of sp³-hybridized carbons (Fsp3) is 1.00. The van der Waals surface area contributed by atoms with Crippen LogP contribution in [0.3, 0.4) is 0 Å². The van der Waals surface area contributed by atoms with Crippen molar-refractivity contribution in [2.45, 2.75) is 103 Å². The molecule has 2 heteroatoms. The van der Waals surface area contributed by atoms with Crippen LogP contribution in [0.1, 0.15) is 91.4 Å². The zero-order valence-corrected chi connectivity index (χ0v) is 13.8. The molecule has 116 valence electrons. The average Bonchev–Trinajstić information content (AvgIpc) is 2.40. The second kappa shape index (κ2) is 11.7. The summed E-state index contributed by atoms with van der Waals surface area (Å²) in [6.07, 6.45) is 14.9. The maximum absolute atomic E-state index is 6.15. The van der Waals surface area contributed by atoms with Gasteiger partial charge in [-0.1, -0.05) is 71.1 Å². The third-order valence-corrected chi connectivity index (χ3v) is 4.29. The lowest BCUT2D eigenvalue weighted by molar-refractivity contribution is -0.00202. The van der Waals surface area contributed by atoms with E-state index in [-0.39, 0.29) is 11.6 Å². The zero-order chi connectivity index (χ0) is 14.6. The van der Waals surface area contributed by atoms with Gasteiger partial charge in [0.1, 0.15) is 0 Å². The Morgan fingerprint density at radius 2 is 1.26 bits per heavy atom. The Bertz CT molecular complexity index is 192. The fourth-order valence-corrected chi connectivity index (χ4v) is 2.35. The largest absolute Gasteiger partial charge is 0.377 e. The molecule has 1 atom stereocenters. The summed E-state index contributed by atoms with van der Waals surface area (Å²) in [7, 11) is 1.75. The van der Waals surface area contributed by atoms with E-state index in [1.54, 1.807) is 7.11 Å². The molecule has 0 aromatic rings. The molecule has 0 radical (unpaired) electrons. The highest BCUT2D eigenvalue weighted by Gasteiger charge is 2.24. The maximum Gasteiger partial charge on any atom is 0.0772 e. The standard InChI is InChI=1S/C17H37NO/c1-5-6-7-8-9-10-11-12-13-14-15-16(18)17(2,3)19-4/h16H,5-15,18H2,1-4H3. The smallest absolute Gasteiger partial charge is 0.0772 e. The van der Waals surface area contributed by atoms with Gasteiger partial charge in [0, 0.05) is 13.2 Å². The molecule has 0 amide bonds. The van der Waals surface area contributed by atoms with Gasteiger partial charge in [0.05, 0.1) is 5.60 Å². The van der Waals surface area contributed by atoms with Gasteiger partial charge in [-0.2, -0.15) is 0 Å². The van der Waals surface area contributed by atoms with Crippen LogP contribution in [0.25, 0.3) is 0 Å². The van der Waals surface area contributed by atoms with Gasteiger partial charge in [-0.25, -0.2) is 0 Å². The Kier molecular flexibility index (Phi) is 11.7. The lowest BCUT2D eigenvalue weighted by Gasteiger charge is -2.30. The zero-order valence-electron chi connectivity index (χ0n) is 13.8. The molecule has 0 aliphatic carbocycles. The highest BCUT2D eigenvalue weighted by Crippen LogP contribution is 2.18. The lowest BCUT2D eigenvalue weighted by atomic mass is 9.94. The quantitative estimate of drug-likeness (QED) is 0.476. The number of nitrogens with two attached hydrogens (primary N) is 1. The number of unbranched alkanes of at least 4 members (excludes halogenated alkanes) is 9. The van der Waals surface area contributed by atoms with Gasteiger partial charge in [0.15, 0.2) is 0 Å². The van der Waals surface area contributed by atoms with Crippen LogP contribution in [-0.4, -0.2) is 18.8 Å². The van der Waals surface area contributed by atoms with Crippen molar-refractivity contribution in [3.8, 4) is 0 Å². The van der Waals surface area contributed by atoms with Gasteiger partial charge in [-0.05, 0) is 20.3 Å². The third kappa shape index (κ3) is 10.4. The first-order valence-corrected chi connectivity index (χ1v) is 8.35. The topological polar surface area (TPSA) is 35.2 Å². The van der Waals surface area contributed by atoms with Crippen molar-refractivity contribution in [3.05, 3.63) is 0 Å². The molecule has 2 nitrogen and oxygen atoms in total. The Morgan fingerprint density at radius 3 is 1.68 bits per heavy atom. The Morgan fingerprint density at radius 1 is 0.842 bits per heavy atom. The Hall–Kier alpha value is -0.0800. The minimum absolute atomic E-state index is 0.159. The molecule has 0 saturated carbocycles. The highest BCUT2D eigenvalue weighted by atomic mass is 16.5. The van der Waals surface area contributed by atoms with Gasteiger partial charge in [-0.3, -0.25) is 0 Å². The Balaban J connectivity index is 3.27. The van der Waals surface area contributed by atoms with Crippen molar-refractivity contribution in [2.24, 2.45) is 5.73 Å². The second-order valence-corrected chi connectivity index (χ2v) is 6.38. The summed E-state index contributed by atoms with van der Waals surface area (Å²) in [5.41, 5.74) is 5.96. The van der Waals surface area contributed by atoms with E-state index in [9.17, 15) is 0 Å². The number of hydrogen-bond acceptors (Lipinski definition) is 2. The molecule has 19 heavy (non-hydrogen) atoms. The van der Waals surface area contributed by atoms with Gasteiger partial charge < -0.3 is 10.5 Å². The summed E-state index contributed by atoms with van der Waals surface area (Å²) in [6.45, 7) is 6.43. The summed E-state index contributed by atoms with van der Waals surface area (Å²) < 4.78 is 5.42. The number of ether oxygens (including phenoxy) is 1. The van der Waals surface area contributed by atoms with Crippen molar-refractivity contribution in [1.82, 2.24) is 0 Å². The minimum atomic E-state index is -0.181. The molecule has 0 aromatic carbocycles. The second-order valence-electron chi connectivity index (χ2n) is 6.38. The van der Waals surface area contributed by atoms with Crippen molar-refractivity contribution < 1.29 is 4.74 Å². The molecule has 0 spiro atoms. The van der Waals surface area contributed by atoms with Gasteiger partial charge >= 0.3 is 0 Å². The van der Waals surface area contributed by atoms with E-state index in [4.69, 9.17) is 10.5 Å². The molecule has 1 unspecified atom stereocenters. The molecule has 0 aliphatic rings. The van der Waals surface area contributed by atoms with Gasteiger partial charge in [-0.15, -0.1) is 0 Å². The van der Waals surface area contributed by atoms with Crippen LogP contribution in [0, 0.1) is 0 Å². The third-order valence-electron chi connectivity index (χ3n) is 4.29. The van der Waals surface area contributed by atoms with E-state index in [1.807, 2.05) is 0 Å². The summed E-state index contributed by atoms with van der Waals surface area (Å²) in [5, 5.41) is 0. The molecule has 0 rings (SSSR count). The SMILES string of the molecule is CCCCCCCCCCCCC(N)C(C)(C)OC. The normalized spacial score (nSPS) is 13.7. The van der Waals surface area contributed by atoms with Crippen LogP contribution in [0.15, 0.2) is 0 Å². The van der Waals surface area contributed by atoms with Crippen LogP contribution >= 0.6 is 0 Å². The number of rotatable bonds is 13. The molecule has 0 heterocycles. The highest BCUT2D eigenvalue weighted by molar-refractivity contribution is 4.81. The van der Waals surface area contributed by atoms with E-state index in [0.717, 1.165) is 6.42 Å². The number of methoxy groups -OCH3 is 1.